The van der Waals surface area contributed by atoms with E-state index in [9.17, 15) is 4.79 Å². The molecule has 0 spiro atoms. The molecule has 4 heterocycles. The number of aliphatic carboxylic acids is 1. The van der Waals surface area contributed by atoms with E-state index in [1.807, 2.05) is 11.0 Å². The second kappa shape index (κ2) is 9.77. The van der Waals surface area contributed by atoms with Gasteiger partial charge in [-0.25, -0.2) is 15.0 Å². The fourth-order valence-electron chi connectivity index (χ4n) is 4.51. The largest absolute Gasteiger partial charge is 0.481 e. The number of halogens is 1. The molecule has 0 aliphatic carbocycles. The van der Waals surface area contributed by atoms with Crippen molar-refractivity contribution >= 4 is 29.1 Å². The molecule has 1 N–H and O–H groups in total. The van der Waals surface area contributed by atoms with E-state index >= 15 is 0 Å². The predicted molar refractivity (Wildman–Crippen MR) is 121 cm³/mol. The lowest BCUT2D eigenvalue weighted by Crippen LogP contribution is -2.44. The molecule has 3 atom stereocenters. The van der Waals surface area contributed by atoms with E-state index in [2.05, 4.69) is 26.8 Å². The summed E-state index contributed by atoms with van der Waals surface area (Å²) in [4.78, 5) is 28.4. The number of carboxylic acid groups (broad SMARTS) is 1. The van der Waals surface area contributed by atoms with Crippen molar-refractivity contribution in [3.05, 3.63) is 29.7 Å². The summed E-state index contributed by atoms with van der Waals surface area (Å²) in [6.07, 6.45) is 7.69. The molecule has 9 nitrogen and oxygen atoms in total. The Balaban J connectivity index is 1.37. The highest BCUT2D eigenvalue weighted by Gasteiger charge is 2.30. The van der Waals surface area contributed by atoms with Crippen LogP contribution in [0.4, 0.5) is 11.5 Å². The van der Waals surface area contributed by atoms with Crippen LogP contribution < -0.4 is 19.3 Å². The smallest absolute Gasteiger partial charge is 0.305 e. The van der Waals surface area contributed by atoms with E-state index in [1.54, 1.807) is 25.7 Å². The molecule has 2 aromatic rings. The van der Waals surface area contributed by atoms with Gasteiger partial charge in [0.15, 0.2) is 0 Å². The third-order valence-corrected chi connectivity index (χ3v) is 6.45. The van der Waals surface area contributed by atoms with Crippen molar-refractivity contribution in [1.82, 2.24) is 15.0 Å². The third kappa shape index (κ3) is 4.98. The number of piperidine rings is 1. The number of rotatable bonds is 7. The highest BCUT2D eigenvalue weighted by Crippen LogP contribution is 2.33. The maximum atomic E-state index is 11.1. The van der Waals surface area contributed by atoms with Gasteiger partial charge in [0.25, 0.3) is 0 Å². The van der Waals surface area contributed by atoms with Gasteiger partial charge in [0, 0.05) is 44.1 Å². The van der Waals surface area contributed by atoms with Crippen LogP contribution in [0, 0.1) is 5.92 Å². The summed E-state index contributed by atoms with van der Waals surface area (Å²) in [5, 5.41) is 9.72. The number of ether oxygens (including phenoxy) is 2. The zero-order valence-corrected chi connectivity index (χ0v) is 19.0. The van der Waals surface area contributed by atoms with Gasteiger partial charge in [-0.3, -0.25) is 4.79 Å². The van der Waals surface area contributed by atoms with Gasteiger partial charge in [0.2, 0.25) is 11.8 Å². The Morgan fingerprint density at radius 2 is 2.00 bits per heavy atom. The van der Waals surface area contributed by atoms with Crippen molar-refractivity contribution in [2.75, 3.05) is 36.5 Å². The lowest BCUT2D eigenvalue weighted by molar-refractivity contribution is -0.137. The van der Waals surface area contributed by atoms with Gasteiger partial charge in [-0.05, 0) is 12.8 Å². The molecule has 32 heavy (non-hydrogen) atoms. The van der Waals surface area contributed by atoms with Crippen LogP contribution in [0.25, 0.3) is 0 Å². The average Bonchev–Trinajstić information content (AvgIpc) is 3.23. The summed E-state index contributed by atoms with van der Waals surface area (Å²) in [6, 6.07) is 1.83. The van der Waals surface area contributed by atoms with Crippen LogP contribution in [0.1, 0.15) is 32.6 Å². The standard InChI is InChI=1S/C22H28ClN5O4/c1-14-13-27(17-9-20(31-2)25-10-16(17)23)7-5-18(14)32-21-12-24-19(11-26-21)28-6-3-4-15(28)8-22(29)30/h9-12,14-15,18H,3-8,13H2,1-2H3,(H,29,30)/t14-,15+,18-/m1/s1. The van der Waals surface area contributed by atoms with Crippen molar-refractivity contribution in [3.8, 4) is 11.8 Å². The molecule has 2 aliphatic rings. The van der Waals surface area contributed by atoms with Crippen LogP contribution in [-0.4, -0.2) is 64.9 Å². The average molecular weight is 462 g/mol. The molecule has 0 radical (unpaired) electrons. The number of carboxylic acids is 1. The summed E-state index contributed by atoms with van der Waals surface area (Å²) in [5.74, 6) is 1.18. The van der Waals surface area contributed by atoms with Gasteiger partial charge in [0.1, 0.15) is 11.9 Å². The maximum Gasteiger partial charge on any atom is 0.305 e. The summed E-state index contributed by atoms with van der Waals surface area (Å²) in [6.45, 7) is 4.52. The van der Waals surface area contributed by atoms with E-state index in [0.717, 1.165) is 44.6 Å². The van der Waals surface area contributed by atoms with Crippen LogP contribution in [0.5, 0.6) is 11.8 Å². The lowest BCUT2D eigenvalue weighted by atomic mass is 9.96. The Labute approximate surface area is 192 Å². The van der Waals surface area contributed by atoms with Gasteiger partial charge in [-0.15, -0.1) is 0 Å². The first-order valence-electron chi connectivity index (χ1n) is 10.9. The fourth-order valence-corrected chi connectivity index (χ4v) is 4.73. The minimum atomic E-state index is -0.790. The van der Waals surface area contributed by atoms with Crippen molar-refractivity contribution in [3.63, 3.8) is 0 Å². The number of anilines is 2. The van der Waals surface area contributed by atoms with E-state index in [0.29, 0.717) is 22.6 Å². The molecule has 4 rings (SSSR count). The molecule has 0 unspecified atom stereocenters. The van der Waals surface area contributed by atoms with E-state index < -0.39 is 5.97 Å². The first kappa shape index (κ1) is 22.4. The van der Waals surface area contributed by atoms with Gasteiger partial charge in [0.05, 0.1) is 42.8 Å². The number of methoxy groups -OCH3 is 1. The minimum Gasteiger partial charge on any atom is -0.481 e. The van der Waals surface area contributed by atoms with Crippen molar-refractivity contribution < 1.29 is 19.4 Å². The normalized spacial score (nSPS) is 23.3. The SMILES string of the molecule is COc1cc(N2CC[C@@H](Oc3cnc(N4CCC[C@H]4CC(=O)O)cn3)[C@H](C)C2)c(Cl)cn1. The lowest BCUT2D eigenvalue weighted by Gasteiger charge is -2.38. The highest BCUT2D eigenvalue weighted by atomic mass is 35.5. The Morgan fingerprint density at radius 3 is 2.69 bits per heavy atom. The Kier molecular flexibility index (Phi) is 6.83. The molecular weight excluding hydrogens is 434 g/mol. The number of carbonyl (C=O) groups is 1. The molecule has 2 saturated heterocycles. The molecule has 2 aromatic heterocycles. The Bertz CT molecular complexity index is 944. The molecule has 0 saturated carbocycles. The van der Waals surface area contributed by atoms with Gasteiger partial charge < -0.3 is 24.4 Å². The van der Waals surface area contributed by atoms with E-state index in [-0.39, 0.29) is 24.5 Å². The molecule has 2 fully saturated rings. The number of nitrogens with zero attached hydrogens (tertiary/aromatic N) is 5. The molecule has 172 valence electrons. The number of pyridine rings is 1. The molecule has 10 heteroatoms. The minimum absolute atomic E-state index is 0.0143. The summed E-state index contributed by atoms with van der Waals surface area (Å²) < 4.78 is 11.4. The number of hydrogen-bond donors (Lipinski definition) is 1. The summed E-state index contributed by atoms with van der Waals surface area (Å²) >= 11 is 6.36. The topological polar surface area (TPSA) is 101 Å². The van der Waals surface area contributed by atoms with Crippen LogP contribution in [0.15, 0.2) is 24.7 Å². The van der Waals surface area contributed by atoms with Gasteiger partial charge in [-0.1, -0.05) is 18.5 Å². The highest BCUT2D eigenvalue weighted by molar-refractivity contribution is 6.33. The summed E-state index contributed by atoms with van der Waals surface area (Å²) in [5.41, 5.74) is 0.912. The Hall–Kier alpha value is -2.81. The second-order valence-electron chi connectivity index (χ2n) is 8.35. The first-order chi connectivity index (χ1) is 15.4. The number of aromatic nitrogens is 3. The van der Waals surface area contributed by atoms with Crippen molar-refractivity contribution in [2.45, 2.75) is 44.8 Å². The maximum absolute atomic E-state index is 11.1. The predicted octanol–water partition coefficient (Wildman–Crippen LogP) is 3.27. The molecule has 0 amide bonds. The molecular formula is C22H28ClN5O4. The monoisotopic (exact) mass is 461 g/mol. The third-order valence-electron chi connectivity index (χ3n) is 6.15. The summed E-state index contributed by atoms with van der Waals surface area (Å²) in [7, 11) is 1.59. The van der Waals surface area contributed by atoms with Crippen LogP contribution >= 0.6 is 11.6 Å². The quantitative estimate of drug-likeness (QED) is 0.665. The van der Waals surface area contributed by atoms with Crippen molar-refractivity contribution in [2.24, 2.45) is 5.92 Å². The Morgan fingerprint density at radius 1 is 1.19 bits per heavy atom. The zero-order chi connectivity index (χ0) is 22.7. The van der Waals surface area contributed by atoms with Gasteiger partial charge in [-0.2, -0.15) is 0 Å². The van der Waals surface area contributed by atoms with E-state index in [4.69, 9.17) is 26.2 Å². The fraction of sp³-hybridized carbons (Fsp3) is 0.545. The molecule has 0 bridgehead atoms. The first-order valence-corrected chi connectivity index (χ1v) is 11.2. The van der Waals surface area contributed by atoms with Gasteiger partial charge >= 0.3 is 5.97 Å². The molecule has 2 aliphatic heterocycles. The van der Waals surface area contributed by atoms with E-state index in [1.165, 1.54) is 0 Å². The van der Waals surface area contributed by atoms with Crippen LogP contribution in [0.3, 0.4) is 0 Å². The van der Waals surface area contributed by atoms with Crippen LogP contribution in [0.2, 0.25) is 5.02 Å². The molecule has 0 aromatic carbocycles. The van der Waals surface area contributed by atoms with Crippen molar-refractivity contribution in [1.29, 1.82) is 0 Å². The number of hydrogen-bond acceptors (Lipinski definition) is 8. The second-order valence-corrected chi connectivity index (χ2v) is 8.75. The zero-order valence-electron chi connectivity index (χ0n) is 18.3. The van der Waals surface area contributed by atoms with Crippen LogP contribution in [-0.2, 0) is 4.79 Å².